The minimum Gasteiger partial charge on any atom is -0.381 e. The Hall–Kier alpha value is -2.25. The molecule has 0 spiro atoms. The van der Waals surface area contributed by atoms with E-state index in [-0.39, 0.29) is 29.4 Å². The molecule has 5 rings (SSSR count). The number of rotatable bonds is 3. The fourth-order valence-electron chi connectivity index (χ4n) is 5.36. The molecule has 3 aliphatic rings. The molecule has 2 aromatic rings. The molecule has 1 aromatic carbocycles. The molecule has 154 valence electrons. The van der Waals surface area contributed by atoms with Crippen LogP contribution < -0.4 is 0 Å². The lowest BCUT2D eigenvalue weighted by Gasteiger charge is -2.34. The number of ether oxygens (including phenoxy) is 1. The molecule has 3 saturated heterocycles. The summed E-state index contributed by atoms with van der Waals surface area (Å²) in [5.74, 6) is 0.483. The molecule has 3 fully saturated rings. The van der Waals surface area contributed by atoms with Crippen LogP contribution in [-0.2, 0) is 4.74 Å². The van der Waals surface area contributed by atoms with E-state index in [0.29, 0.717) is 24.2 Å². The third kappa shape index (κ3) is 3.46. The van der Waals surface area contributed by atoms with Gasteiger partial charge < -0.3 is 14.2 Å². The molecule has 0 aliphatic carbocycles. The van der Waals surface area contributed by atoms with Gasteiger partial charge in [0.05, 0.1) is 11.7 Å². The number of hydrogen-bond acceptors (Lipinski definition) is 5. The van der Waals surface area contributed by atoms with Crippen LogP contribution in [0.1, 0.15) is 40.7 Å². The highest BCUT2D eigenvalue weighted by Gasteiger charge is 2.50. The first kappa shape index (κ1) is 18.8. The number of fused-ring (bicyclic) bond motifs is 1. The average Bonchev–Trinajstić information content (AvgIpc) is 3.42. The summed E-state index contributed by atoms with van der Waals surface area (Å²) >= 11 is 0. The fourth-order valence-corrected chi connectivity index (χ4v) is 5.36. The predicted molar refractivity (Wildman–Crippen MR) is 104 cm³/mol. The Kier molecular flexibility index (Phi) is 4.87. The van der Waals surface area contributed by atoms with Gasteiger partial charge in [-0.1, -0.05) is 17.3 Å². The van der Waals surface area contributed by atoms with Crippen molar-refractivity contribution in [2.45, 2.75) is 31.8 Å². The first-order valence-electron chi connectivity index (χ1n) is 10.4. The van der Waals surface area contributed by atoms with E-state index in [2.05, 4.69) is 10.1 Å². The molecule has 0 saturated carbocycles. The standard InChI is InChI=1S/C22H26FN3O3/c1-14-9-20(29-24-14)22(27)26-12-16-11-25(18-5-7-28-8-6-18)13-19(16)21(26)15-3-2-4-17(23)10-15/h2-4,9-10,16,18-19,21H,5-8,11-13H2,1H3/t16-,19-,21+/m0/s1. The Bertz CT molecular complexity index is 895. The zero-order chi connectivity index (χ0) is 20.0. The molecule has 3 aliphatic heterocycles. The van der Waals surface area contributed by atoms with E-state index in [1.807, 2.05) is 11.0 Å². The second kappa shape index (κ2) is 7.54. The smallest absolute Gasteiger partial charge is 0.293 e. The lowest BCUT2D eigenvalue weighted by Crippen LogP contribution is -2.41. The normalized spacial score (nSPS) is 28.1. The number of nitrogens with zero attached hydrogens (tertiary/aromatic N) is 3. The van der Waals surface area contributed by atoms with Crippen molar-refractivity contribution in [2.24, 2.45) is 11.8 Å². The van der Waals surface area contributed by atoms with Crippen LogP contribution in [0.5, 0.6) is 0 Å². The molecule has 4 heterocycles. The van der Waals surface area contributed by atoms with Crippen molar-refractivity contribution in [1.82, 2.24) is 15.0 Å². The number of likely N-dealkylation sites (tertiary alicyclic amines) is 2. The van der Waals surface area contributed by atoms with E-state index in [4.69, 9.17) is 9.26 Å². The molecule has 29 heavy (non-hydrogen) atoms. The maximum Gasteiger partial charge on any atom is 0.293 e. The van der Waals surface area contributed by atoms with Crippen molar-refractivity contribution >= 4 is 5.91 Å². The maximum absolute atomic E-state index is 14.0. The predicted octanol–water partition coefficient (Wildman–Crippen LogP) is 3.05. The van der Waals surface area contributed by atoms with Crippen LogP contribution in [0, 0.1) is 24.6 Å². The number of amides is 1. The number of aryl methyl sites for hydroxylation is 1. The molecule has 1 aromatic heterocycles. The third-order valence-corrected chi connectivity index (χ3v) is 6.69. The Morgan fingerprint density at radius 2 is 2.00 bits per heavy atom. The van der Waals surface area contributed by atoms with Gasteiger partial charge in [0.25, 0.3) is 5.91 Å². The first-order valence-corrected chi connectivity index (χ1v) is 10.4. The quantitative estimate of drug-likeness (QED) is 0.794. The molecule has 1 amide bonds. The molecular weight excluding hydrogens is 373 g/mol. The van der Waals surface area contributed by atoms with Crippen LogP contribution in [0.4, 0.5) is 4.39 Å². The van der Waals surface area contributed by atoms with Gasteiger partial charge >= 0.3 is 0 Å². The highest BCUT2D eigenvalue weighted by Crippen LogP contribution is 2.46. The topological polar surface area (TPSA) is 58.8 Å². The van der Waals surface area contributed by atoms with E-state index in [0.717, 1.165) is 44.7 Å². The number of halogens is 1. The number of aromatic nitrogens is 1. The summed E-state index contributed by atoms with van der Waals surface area (Å²) in [6.07, 6.45) is 2.12. The van der Waals surface area contributed by atoms with E-state index in [1.54, 1.807) is 25.1 Å². The van der Waals surface area contributed by atoms with E-state index >= 15 is 0 Å². The van der Waals surface area contributed by atoms with Crippen molar-refractivity contribution in [3.05, 3.63) is 53.2 Å². The van der Waals surface area contributed by atoms with Gasteiger partial charge in [0, 0.05) is 50.9 Å². The number of benzene rings is 1. The summed E-state index contributed by atoms with van der Waals surface area (Å²) in [6, 6.07) is 8.74. The zero-order valence-corrected chi connectivity index (χ0v) is 16.6. The van der Waals surface area contributed by atoms with E-state index in [9.17, 15) is 9.18 Å². The second-order valence-electron chi connectivity index (χ2n) is 8.51. The van der Waals surface area contributed by atoms with Gasteiger partial charge in [-0.3, -0.25) is 9.69 Å². The molecule has 3 atom stereocenters. The van der Waals surface area contributed by atoms with E-state index in [1.165, 1.54) is 6.07 Å². The number of hydrogen-bond donors (Lipinski definition) is 0. The molecule has 0 bridgehead atoms. The first-order chi connectivity index (χ1) is 14.1. The van der Waals surface area contributed by atoms with Crippen molar-refractivity contribution in [3.8, 4) is 0 Å². The van der Waals surface area contributed by atoms with Gasteiger partial charge in [0.1, 0.15) is 5.82 Å². The van der Waals surface area contributed by atoms with Crippen molar-refractivity contribution in [1.29, 1.82) is 0 Å². The van der Waals surface area contributed by atoms with E-state index < -0.39 is 0 Å². The molecular formula is C22H26FN3O3. The van der Waals surface area contributed by atoms with Gasteiger partial charge in [0.15, 0.2) is 0 Å². The summed E-state index contributed by atoms with van der Waals surface area (Å²) in [7, 11) is 0. The Morgan fingerprint density at radius 3 is 2.72 bits per heavy atom. The van der Waals surface area contributed by atoms with Crippen molar-refractivity contribution in [2.75, 3.05) is 32.8 Å². The van der Waals surface area contributed by atoms with Gasteiger partial charge in [-0.05, 0) is 43.4 Å². The Morgan fingerprint density at radius 1 is 1.17 bits per heavy atom. The van der Waals surface area contributed by atoms with Crippen molar-refractivity contribution < 1.29 is 18.4 Å². The number of carbonyl (C=O) groups excluding carboxylic acids is 1. The summed E-state index contributed by atoms with van der Waals surface area (Å²) in [4.78, 5) is 17.6. The summed E-state index contributed by atoms with van der Waals surface area (Å²) in [5.41, 5.74) is 1.54. The summed E-state index contributed by atoms with van der Waals surface area (Å²) in [5, 5.41) is 3.86. The minimum atomic E-state index is -0.270. The van der Waals surface area contributed by atoms with Crippen LogP contribution in [0.2, 0.25) is 0 Å². The molecule has 0 N–H and O–H groups in total. The molecule has 7 heteroatoms. The average molecular weight is 399 g/mol. The molecule has 0 unspecified atom stereocenters. The third-order valence-electron chi connectivity index (χ3n) is 6.69. The fraction of sp³-hybridized carbons (Fsp3) is 0.545. The largest absolute Gasteiger partial charge is 0.381 e. The highest BCUT2D eigenvalue weighted by molar-refractivity contribution is 5.92. The van der Waals surface area contributed by atoms with Crippen LogP contribution >= 0.6 is 0 Å². The van der Waals surface area contributed by atoms with Crippen LogP contribution in [0.25, 0.3) is 0 Å². The lowest BCUT2D eigenvalue weighted by atomic mass is 9.89. The zero-order valence-electron chi connectivity index (χ0n) is 16.6. The monoisotopic (exact) mass is 399 g/mol. The van der Waals surface area contributed by atoms with Crippen LogP contribution in [-0.4, -0.2) is 59.8 Å². The summed E-state index contributed by atoms with van der Waals surface area (Å²) in [6.45, 7) is 5.99. The number of carbonyl (C=O) groups is 1. The van der Waals surface area contributed by atoms with Gasteiger partial charge in [-0.2, -0.15) is 0 Å². The SMILES string of the molecule is Cc1cc(C(=O)N2C[C@@H]3CN(C4CCOCC4)C[C@@H]3[C@H]2c2cccc(F)c2)on1. The highest BCUT2D eigenvalue weighted by atomic mass is 19.1. The van der Waals surface area contributed by atoms with Crippen LogP contribution in [0.3, 0.4) is 0 Å². The molecule has 6 nitrogen and oxygen atoms in total. The summed E-state index contributed by atoms with van der Waals surface area (Å²) < 4.78 is 24.8. The van der Waals surface area contributed by atoms with Gasteiger partial charge in [0.2, 0.25) is 5.76 Å². The molecule has 0 radical (unpaired) electrons. The van der Waals surface area contributed by atoms with Crippen molar-refractivity contribution in [3.63, 3.8) is 0 Å². The second-order valence-corrected chi connectivity index (χ2v) is 8.51. The Labute approximate surface area is 169 Å². The maximum atomic E-state index is 14.0. The Balaban J connectivity index is 1.43. The minimum absolute atomic E-state index is 0.154. The van der Waals surface area contributed by atoms with Gasteiger partial charge in [-0.25, -0.2) is 4.39 Å². The lowest BCUT2D eigenvalue weighted by molar-refractivity contribution is 0.0358. The van der Waals surface area contributed by atoms with Gasteiger partial charge in [-0.15, -0.1) is 0 Å². The van der Waals surface area contributed by atoms with Crippen LogP contribution in [0.15, 0.2) is 34.9 Å².